The maximum atomic E-state index is 13.5. The predicted octanol–water partition coefficient (Wildman–Crippen LogP) is 3.39. The zero-order valence-electron chi connectivity index (χ0n) is 58.1. The molecule has 9 aromatic rings. The average Bonchev–Trinajstić information content (AvgIpc) is 1.68. The molecule has 5 saturated heterocycles. The molecule has 5 aliphatic heterocycles. The molecule has 0 radical (unpaired) electrons. The van der Waals surface area contributed by atoms with Crippen LogP contribution in [0.15, 0.2) is 58.5 Å². The molecule has 596 valence electrons. The maximum Gasteiger partial charge on any atom is 0.475 e. The van der Waals surface area contributed by atoms with Crippen LogP contribution in [0.1, 0.15) is 83.2 Å². The summed E-state index contributed by atoms with van der Waals surface area (Å²) in [5.41, 5.74) is 29.7. The Morgan fingerprint density at radius 1 is 0.473 bits per heavy atom. The Morgan fingerprint density at radius 3 is 1.27 bits per heavy atom. The molecule has 56 heteroatoms. The van der Waals surface area contributed by atoms with Gasteiger partial charge in [0.2, 0.25) is 11.9 Å². The Labute approximate surface area is 648 Å². The van der Waals surface area contributed by atoms with Gasteiger partial charge in [-0.05, 0) is 13.3 Å². The molecule has 0 aromatic carbocycles. The quantitative estimate of drug-likeness (QED) is 0.0236. The van der Waals surface area contributed by atoms with Crippen LogP contribution in [0.4, 0.5) is 29.4 Å². The highest BCUT2D eigenvalue weighted by molar-refractivity contribution is 8.48. The number of nitrogens with one attached hydrogen (secondary N) is 2. The average molecular weight is 1730 g/mol. The van der Waals surface area contributed by atoms with E-state index in [0.29, 0.717) is 23.1 Å². The zero-order chi connectivity index (χ0) is 78.4. The van der Waals surface area contributed by atoms with Crippen molar-refractivity contribution in [2.24, 2.45) is 11.8 Å². The minimum absolute atomic E-state index is 0.0182. The van der Waals surface area contributed by atoms with E-state index < -0.39 is 183 Å². The number of aromatic nitrogens is 18. The molecule has 14 rings (SSSR count). The van der Waals surface area contributed by atoms with E-state index in [-0.39, 0.29) is 82.1 Å². The fraction of sp³-hybridized carbons (Fsp3) is 0.556. The third-order valence-electron chi connectivity index (χ3n) is 18.8. The number of hydrogen-bond acceptors (Lipinski definition) is 44. The number of fused-ring (bicyclic) bond motifs is 4. The molecule has 5 fully saturated rings. The molecule has 22 atom stereocenters. The Morgan fingerprint density at radius 2 is 0.845 bits per heavy atom. The second-order valence-electron chi connectivity index (χ2n) is 26.0. The number of aryl methyl sites for hydroxylation is 1. The lowest BCUT2D eigenvalue weighted by molar-refractivity contribution is -0.0565. The summed E-state index contributed by atoms with van der Waals surface area (Å²) in [6.45, 7) is 4.68. The van der Waals surface area contributed by atoms with Gasteiger partial charge in [0.15, 0.2) is 45.3 Å². The Bertz CT molecular complexity index is 5060. The molecule has 9 aromatic heterocycles. The first kappa shape index (κ1) is 81.4. The number of hydrogen-bond donors (Lipinski definition) is 17. The van der Waals surface area contributed by atoms with E-state index in [1.165, 1.54) is 60.4 Å². The molecule has 0 amide bonds. The third kappa shape index (κ3) is 17.2. The lowest BCUT2D eigenvalue weighted by Gasteiger charge is -2.24. The number of ether oxygens (including phenoxy) is 5. The summed E-state index contributed by atoms with van der Waals surface area (Å²) in [6, 6.07) is 0. The van der Waals surface area contributed by atoms with Crippen LogP contribution < -0.4 is 45.5 Å². The van der Waals surface area contributed by atoms with Gasteiger partial charge in [-0.1, -0.05) is 20.8 Å². The molecular weight excluding hydrogens is 1650 g/mol. The first-order valence-corrected chi connectivity index (χ1v) is 46.9. The topological polar surface area (TPSA) is 619 Å². The van der Waals surface area contributed by atoms with Gasteiger partial charge < -0.3 is 52.4 Å². The number of H-pyrrole nitrogens is 2. The highest BCUT2D eigenvalue weighted by Crippen LogP contribution is 2.70. The van der Waals surface area contributed by atoms with Gasteiger partial charge in [-0.2, -0.15) is 84.7 Å². The number of anilines is 5. The number of imidazole rings is 4. The molecule has 10 unspecified atom stereocenters. The Kier molecular flexibility index (Phi) is 23.7. The van der Waals surface area contributed by atoms with E-state index in [1.54, 1.807) is 29.9 Å². The minimum Gasteiger partial charge on any atom is -0.383 e. The molecule has 0 aliphatic carbocycles. The van der Waals surface area contributed by atoms with E-state index in [9.17, 15) is 38.9 Å². The van der Waals surface area contributed by atoms with Gasteiger partial charge in [0.1, 0.15) is 142 Å². The van der Waals surface area contributed by atoms with Gasteiger partial charge in [-0.3, -0.25) is 42.4 Å². The summed E-state index contributed by atoms with van der Waals surface area (Å²) in [5.74, 6) is -1.62. The van der Waals surface area contributed by atoms with Gasteiger partial charge in [0, 0.05) is 42.9 Å². The van der Waals surface area contributed by atoms with Gasteiger partial charge in [0.05, 0.1) is 99.8 Å². The van der Waals surface area contributed by atoms with E-state index in [2.05, 4.69) is 126 Å². The minimum atomic E-state index is -4.46. The van der Waals surface area contributed by atoms with Crippen molar-refractivity contribution in [2.75, 3.05) is 62.2 Å². The second-order valence-corrected chi connectivity index (χ2v) is 40.9. The number of nitrogen functional groups attached to an aromatic ring is 5. The molecule has 0 saturated carbocycles. The molecular formula is C54H77N23O23P5S5+5. The normalized spacial score (nSPS) is 30.0. The summed E-state index contributed by atoms with van der Waals surface area (Å²) < 4.78 is 100. The first-order chi connectivity index (χ1) is 52.0. The van der Waals surface area contributed by atoms with Gasteiger partial charge >= 0.3 is 41.4 Å². The van der Waals surface area contributed by atoms with Gasteiger partial charge in [0.25, 0.3) is 11.1 Å². The van der Waals surface area contributed by atoms with Gasteiger partial charge in [-0.25, -0.2) is 44.7 Å². The van der Waals surface area contributed by atoms with E-state index >= 15 is 0 Å². The van der Waals surface area contributed by atoms with Crippen LogP contribution in [0.3, 0.4) is 0 Å². The van der Waals surface area contributed by atoms with Crippen molar-refractivity contribution in [2.45, 2.75) is 146 Å². The van der Waals surface area contributed by atoms with E-state index in [1.807, 2.05) is 6.92 Å². The number of rotatable bonds is 29. The maximum absolute atomic E-state index is 13.5. The monoisotopic (exact) mass is 1730 g/mol. The standard InChI is InChI=1S/C54H74N23O23P5S5/c1-6-24-25(7-33(91-24)74-17-66-37-46(74)69-52(58)71-48(37)78)96-102(82,107)87-12-29-27(9-34(93-29)75-18-67-38-47(75)70-53(59)72-49(38)79)98-103(83,108)88-11-28-26(8-32(92-28)73-10-21(2)41(55)68-54(73)80)97-104(84,109)89-13-31-40(23(4)51(95-31)77-20-65-36-43(57)61-16-63-45(36)77)100-105(85,110)90-14-30-39(99-101(81,106)86-5)22(3)50(94-30)76-19-64-35-42(56)60-15-62-44(35)76/h10,15-20,22-34,39-40,50-51,81-85,106-110H,6-9,11-14H2,1-5H3,(H9-3,55,56,57,58,59,60,61,62,63,68,69,70,71,72,78,79,80)/q+2/p+3/t22-,23-,24+,25?,26?,27?,28+,29+,30+,31+,32+,33+,34+,39?,40?,50+,51+,101?,102?,103?,104?,105?/m0/s1. The van der Waals surface area contributed by atoms with Crippen molar-refractivity contribution < 1.29 is 93.4 Å². The van der Waals surface area contributed by atoms with Crippen molar-refractivity contribution in [3.8, 4) is 0 Å². The number of thiol groups is 5. The SMILES string of the molecule is CC[C@H]1O[C@@H](n2cnc3c(=O)[nH]c(N)nc32)CC1O[P+](O)(S)OC[C@H]1O[C@@H](n2cnc3c(=O)[nH]c(N)nc32)CC1O[P+](O)(S)OC[C@H]1O[C@@H](n2cc(C)c(N)nc2=O)CC1O[P+](O)(S)OC[C@H]1O[C@@H](n2cnc3c(N)ncnc32)[C@@H](C)C1O[P+](O)(S)OC[C@H]1O[C@@H](n2cnc3c(N)ncnc32)[C@@H](C)C1O[P+](O)(S)OC. The van der Waals surface area contributed by atoms with Crippen LogP contribution in [-0.4, -0.2) is 207 Å². The smallest absolute Gasteiger partial charge is 0.383 e. The first-order valence-electron chi connectivity index (χ1n) is 33.3. The summed E-state index contributed by atoms with van der Waals surface area (Å²) in [6.07, 6.45) is -6.63. The zero-order valence-corrected chi connectivity index (χ0v) is 67.1. The summed E-state index contributed by atoms with van der Waals surface area (Å²) in [5, 5.41) is 0. The lowest BCUT2D eigenvalue weighted by Crippen LogP contribution is -2.34. The highest BCUT2D eigenvalue weighted by Gasteiger charge is 2.60. The predicted molar refractivity (Wildman–Crippen MR) is 410 cm³/mol. The van der Waals surface area contributed by atoms with Crippen LogP contribution in [0.2, 0.25) is 0 Å². The lowest BCUT2D eigenvalue weighted by atomic mass is 10.0. The van der Waals surface area contributed by atoms with Crippen LogP contribution in [0.25, 0.3) is 44.7 Å². The van der Waals surface area contributed by atoms with Crippen LogP contribution in [0.5, 0.6) is 0 Å². The molecule has 14 heterocycles. The summed E-state index contributed by atoms with van der Waals surface area (Å²) >= 11 is 22.3. The van der Waals surface area contributed by atoms with Crippen LogP contribution >= 0.6 is 97.0 Å². The van der Waals surface area contributed by atoms with Crippen molar-refractivity contribution >= 4 is 171 Å². The fourth-order valence-electron chi connectivity index (χ4n) is 13.5. The van der Waals surface area contributed by atoms with Crippen LogP contribution in [0, 0.1) is 18.8 Å². The molecule has 0 bridgehead atoms. The van der Waals surface area contributed by atoms with E-state index in [0.717, 1.165) is 4.57 Å². The van der Waals surface area contributed by atoms with Crippen molar-refractivity contribution in [1.29, 1.82) is 0 Å². The molecule has 0 spiro atoms. The fourth-order valence-corrected chi connectivity index (χ4v) is 20.8. The van der Waals surface area contributed by atoms with Crippen molar-refractivity contribution in [3.05, 3.63) is 80.9 Å². The molecule has 17 N–H and O–H groups in total. The number of nitrogens with two attached hydrogens (primary N) is 5. The second kappa shape index (κ2) is 32.1. The van der Waals surface area contributed by atoms with Crippen molar-refractivity contribution in [3.63, 3.8) is 0 Å². The largest absolute Gasteiger partial charge is 0.475 e. The van der Waals surface area contributed by atoms with Crippen LogP contribution in [-0.2, 0) is 68.9 Å². The van der Waals surface area contributed by atoms with E-state index in [4.69, 9.17) is 97.6 Å². The highest BCUT2D eigenvalue weighted by atomic mass is 32.7. The van der Waals surface area contributed by atoms with Gasteiger partial charge in [-0.15, -0.1) is 0 Å². The molecule has 46 nitrogen and oxygen atoms in total. The summed E-state index contributed by atoms with van der Waals surface area (Å²) in [7, 11) is -19.9. The number of aromatic amines is 2. The summed E-state index contributed by atoms with van der Waals surface area (Å²) in [4.78, 5) is 150. The molecule has 5 aliphatic rings. The molecule has 110 heavy (non-hydrogen) atoms. The Balaban J connectivity index is 0.682. The third-order valence-corrected chi connectivity index (χ3v) is 27.2. The van der Waals surface area contributed by atoms with Crippen molar-refractivity contribution in [1.82, 2.24) is 87.6 Å². The number of nitrogens with zero attached hydrogens (tertiary/aromatic N) is 16. The Hall–Kier alpha value is -5.22.